The van der Waals surface area contributed by atoms with Crippen molar-refractivity contribution >= 4 is 29.9 Å². The normalized spacial score (nSPS) is 15.2. The van der Waals surface area contributed by atoms with Crippen LogP contribution < -0.4 is 10.2 Å². The molecule has 1 aromatic rings. The van der Waals surface area contributed by atoms with Gasteiger partial charge < -0.3 is 15.0 Å². The zero-order valence-corrected chi connectivity index (χ0v) is 11.8. The number of hydrogen-bond acceptors (Lipinski definition) is 4. The van der Waals surface area contributed by atoms with Crippen LogP contribution >= 0.6 is 12.6 Å². The van der Waals surface area contributed by atoms with Gasteiger partial charge in [-0.05, 0) is 5.75 Å². The molecule has 0 unspecified atom stereocenters. The van der Waals surface area contributed by atoms with E-state index in [1.807, 2.05) is 4.90 Å². The predicted octanol–water partition coefficient (Wildman–Crippen LogP) is 2.06. The first-order valence-electron chi connectivity index (χ1n) is 6.34. The van der Waals surface area contributed by atoms with Gasteiger partial charge >= 0.3 is 0 Å². The maximum absolute atomic E-state index is 13.4. The predicted molar refractivity (Wildman–Crippen MR) is 76.5 cm³/mol. The molecule has 0 radical (unpaired) electrons. The van der Waals surface area contributed by atoms with Crippen molar-refractivity contribution in [1.82, 2.24) is 0 Å². The van der Waals surface area contributed by atoms with Crippen LogP contribution in [-0.2, 0) is 9.53 Å². The fourth-order valence-corrected chi connectivity index (χ4v) is 2.22. The molecule has 4 nitrogen and oxygen atoms in total. The Bertz CT molecular complexity index is 494. The van der Waals surface area contributed by atoms with Crippen LogP contribution in [-0.4, -0.2) is 38.0 Å². The highest BCUT2D eigenvalue weighted by molar-refractivity contribution is 7.80. The molecule has 0 aliphatic carbocycles. The van der Waals surface area contributed by atoms with Crippen molar-refractivity contribution in [3.63, 3.8) is 0 Å². The minimum absolute atomic E-state index is 0.213. The summed E-state index contributed by atoms with van der Waals surface area (Å²) in [6.07, 6.45) is 0.213. The smallest absolute Gasteiger partial charge is 0.225 e. The number of carbonyl (C=O) groups is 1. The lowest BCUT2D eigenvalue weighted by Crippen LogP contribution is -2.37. The first kappa shape index (κ1) is 15.1. The van der Waals surface area contributed by atoms with Crippen molar-refractivity contribution in [2.45, 2.75) is 6.42 Å². The molecule has 0 bridgehead atoms. The molecule has 20 heavy (non-hydrogen) atoms. The Balaban J connectivity index is 2.27. The van der Waals surface area contributed by atoms with Crippen molar-refractivity contribution in [3.8, 4) is 0 Å². The van der Waals surface area contributed by atoms with Gasteiger partial charge in [-0.1, -0.05) is 0 Å². The minimum Gasteiger partial charge on any atom is -0.378 e. The Labute approximate surface area is 121 Å². The molecule has 1 saturated heterocycles. The number of thiol groups is 1. The highest BCUT2D eigenvalue weighted by Crippen LogP contribution is 2.29. The summed E-state index contributed by atoms with van der Waals surface area (Å²) >= 11 is 3.97. The molecular weight excluding hydrogens is 286 g/mol. The van der Waals surface area contributed by atoms with Gasteiger partial charge in [0.1, 0.15) is 0 Å². The van der Waals surface area contributed by atoms with E-state index in [2.05, 4.69) is 17.9 Å². The van der Waals surface area contributed by atoms with Crippen molar-refractivity contribution in [2.75, 3.05) is 42.3 Å². The summed E-state index contributed by atoms with van der Waals surface area (Å²) in [5, 5.41) is 2.60. The number of benzene rings is 1. The standard InChI is InChI=1S/C13H16F2N2O2S/c14-9-7-11(16-13(18)1-6-20)12(8-10(9)15)17-2-4-19-5-3-17/h7-8,20H,1-6H2,(H,16,18). The van der Waals surface area contributed by atoms with Gasteiger partial charge in [0.2, 0.25) is 5.91 Å². The van der Waals surface area contributed by atoms with E-state index in [1.54, 1.807) is 0 Å². The number of ether oxygens (including phenoxy) is 1. The third kappa shape index (κ3) is 3.61. The number of hydrogen-bond donors (Lipinski definition) is 2. The van der Waals surface area contributed by atoms with Crippen LogP contribution in [0.15, 0.2) is 12.1 Å². The summed E-state index contributed by atoms with van der Waals surface area (Å²) in [6, 6.07) is 2.12. The number of carbonyl (C=O) groups excluding carboxylic acids is 1. The number of halogens is 2. The van der Waals surface area contributed by atoms with Crippen LogP contribution in [0.4, 0.5) is 20.2 Å². The highest BCUT2D eigenvalue weighted by atomic mass is 32.1. The molecule has 1 aromatic carbocycles. The van der Waals surface area contributed by atoms with Crippen LogP contribution in [0.3, 0.4) is 0 Å². The molecule has 0 aromatic heterocycles. The molecule has 2 rings (SSSR count). The average molecular weight is 302 g/mol. The second kappa shape index (κ2) is 6.90. The third-order valence-corrected chi connectivity index (χ3v) is 3.23. The van der Waals surface area contributed by atoms with Crippen LogP contribution in [0.5, 0.6) is 0 Å². The van der Waals surface area contributed by atoms with E-state index >= 15 is 0 Å². The van der Waals surface area contributed by atoms with Gasteiger partial charge in [0.05, 0.1) is 24.6 Å². The second-order valence-electron chi connectivity index (χ2n) is 4.40. The Morgan fingerprint density at radius 3 is 2.60 bits per heavy atom. The van der Waals surface area contributed by atoms with Gasteiger partial charge in [-0.25, -0.2) is 8.78 Å². The third-order valence-electron chi connectivity index (χ3n) is 3.00. The van der Waals surface area contributed by atoms with Crippen LogP contribution in [0.25, 0.3) is 0 Å². The molecule has 1 aliphatic rings. The zero-order valence-electron chi connectivity index (χ0n) is 10.9. The molecule has 0 spiro atoms. The molecule has 1 aliphatic heterocycles. The molecule has 1 fully saturated rings. The molecule has 0 saturated carbocycles. The minimum atomic E-state index is -0.983. The molecule has 0 atom stereocenters. The largest absolute Gasteiger partial charge is 0.378 e. The number of nitrogens with one attached hydrogen (secondary N) is 1. The molecular formula is C13H16F2N2O2S. The maximum Gasteiger partial charge on any atom is 0.225 e. The summed E-state index contributed by atoms with van der Waals surface area (Å²) in [7, 11) is 0. The quantitative estimate of drug-likeness (QED) is 0.837. The average Bonchev–Trinajstić information content (AvgIpc) is 2.44. The number of anilines is 2. The molecule has 1 amide bonds. The fourth-order valence-electron chi connectivity index (χ4n) is 2.02. The summed E-state index contributed by atoms with van der Waals surface area (Å²) in [6.45, 7) is 2.17. The first-order valence-corrected chi connectivity index (χ1v) is 6.97. The Kier molecular flexibility index (Phi) is 5.19. The van der Waals surface area contributed by atoms with Crippen molar-refractivity contribution in [1.29, 1.82) is 0 Å². The summed E-state index contributed by atoms with van der Waals surface area (Å²) in [4.78, 5) is 13.5. The molecule has 1 N–H and O–H groups in total. The van der Waals surface area contributed by atoms with Gasteiger partial charge in [-0.15, -0.1) is 0 Å². The van der Waals surface area contributed by atoms with Gasteiger partial charge in [0, 0.05) is 31.6 Å². The van der Waals surface area contributed by atoms with E-state index in [0.717, 1.165) is 12.1 Å². The molecule has 7 heteroatoms. The van der Waals surface area contributed by atoms with Crippen LogP contribution in [0.2, 0.25) is 0 Å². The Morgan fingerprint density at radius 1 is 1.30 bits per heavy atom. The van der Waals surface area contributed by atoms with E-state index in [-0.39, 0.29) is 18.0 Å². The molecule has 110 valence electrons. The second-order valence-corrected chi connectivity index (χ2v) is 4.85. The van der Waals surface area contributed by atoms with E-state index in [1.165, 1.54) is 0 Å². The lowest BCUT2D eigenvalue weighted by atomic mass is 10.2. The van der Waals surface area contributed by atoms with Gasteiger partial charge in [0.25, 0.3) is 0 Å². The number of rotatable bonds is 4. The van der Waals surface area contributed by atoms with Crippen LogP contribution in [0, 0.1) is 11.6 Å². The van der Waals surface area contributed by atoms with E-state index < -0.39 is 11.6 Å². The lowest BCUT2D eigenvalue weighted by molar-refractivity contribution is -0.115. The first-order chi connectivity index (χ1) is 9.61. The number of morpholine rings is 1. The lowest BCUT2D eigenvalue weighted by Gasteiger charge is -2.30. The number of nitrogens with zero attached hydrogens (tertiary/aromatic N) is 1. The topological polar surface area (TPSA) is 41.6 Å². The monoisotopic (exact) mass is 302 g/mol. The SMILES string of the molecule is O=C(CCS)Nc1cc(F)c(F)cc1N1CCOCC1. The van der Waals surface area contributed by atoms with Crippen molar-refractivity contribution < 1.29 is 18.3 Å². The Morgan fingerprint density at radius 2 is 1.95 bits per heavy atom. The summed E-state index contributed by atoms with van der Waals surface area (Å²) in [5.74, 6) is -1.80. The van der Waals surface area contributed by atoms with E-state index in [9.17, 15) is 13.6 Å². The summed E-state index contributed by atoms with van der Waals surface area (Å²) in [5.41, 5.74) is 0.747. The molecule has 1 heterocycles. The summed E-state index contributed by atoms with van der Waals surface area (Å²) < 4.78 is 32.0. The zero-order chi connectivity index (χ0) is 14.5. The van der Waals surface area contributed by atoms with Crippen molar-refractivity contribution in [3.05, 3.63) is 23.8 Å². The maximum atomic E-state index is 13.4. The van der Waals surface area contributed by atoms with Crippen LogP contribution in [0.1, 0.15) is 6.42 Å². The van der Waals surface area contributed by atoms with Gasteiger partial charge in [-0.2, -0.15) is 12.6 Å². The number of amides is 1. The van der Waals surface area contributed by atoms with E-state index in [0.29, 0.717) is 37.7 Å². The van der Waals surface area contributed by atoms with Gasteiger partial charge in [-0.3, -0.25) is 4.79 Å². The van der Waals surface area contributed by atoms with Crippen molar-refractivity contribution in [2.24, 2.45) is 0 Å². The fraction of sp³-hybridized carbons (Fsp3) is 0.462. The highest BCUT2D eigenvalue weighted by Gasteiger charge is 2.19. The Hall–Kier alpha value is -1.34. The van der Waals surface area contributed by atoms with E-state index in [4.69, 9.17) is 4.74 Å². The van der Waals surface area contributed by atoms with Gasteiger partial charge in [0.15, 0.2) is 11.6 Å².